The van der Waals surface area contributed by atoms with Crippen LogP contribution in [-0.4, -0.2) is 6.17 Å². The summed E-state index contributed by atoms with van der Waals surface area (Å²) in [6.45, 7) is 1.92. The fourth-order valence-electron chi connectivity index (χ4n) is 0.862. The zero-order valence-electron chi connectivity index (χ0n) is 5.55. The largest absolute Gasteiger partial charge is 0.243 e. The van der Waals surface area contributed by atoms with Gasteiger partial charge in [0.15, 0.2) is 0 Å². The molecule has 1 heteroatoms. The van der Waals surface area contributed by atoms with E-state index in [0.717, 1.165) is 6.42 Å². The summed E-state index contributed by atoms with van der Waals surface area (Å²) in [4.78, 5) is 0. The van der Waals surface area contributed by atoms with Gasteiger partial charge in [-0.3, -0.25) is 0 Å². The van der Waals surface area contributed by atoms with Crippen LogP contribution in [0.2, 0.25) is 0 Å². The fraction of sp³-hybridized carbons (Fsp3) is 0.500. The second kappa shape index (κ2) is 2.81. The molecule has 0 spiro atoms. The van der Waals surface area contributed by atoms with Crippen LogP contribution in [0.5, 0.6) is 0 Å². The molecule has 0 N–H and O–H groups in total. The van der Waals surface area contributed by atoms with Gasteiger partial charge in [-0.2, -0.15) is 0 Å². The average molecular weight is 126 g/mol. The van der Waals surface area contributed by atoms with Crippen molar-refractivity contribution in [3.05, 3.63) is 24.3 Å². The van der Waals surface area contributed by atoms with Crippen LogP contribution < -0.4 is 0 Å². The molecule has 1 rings (SSSR count). The molecule has 0 aromatic heterocycles. The summed E-state index contributed by atoms with van der Waals surface area (Å²) in [5.74, 6) is 0.153. The van der Waals surface area contributed by atoms with Crippen molar-refractivity contribution in [2.45, 2.75) is 19.5 Å². The summed E-state index contributed by atoms with van der Waals surface area (Å²) in [6, 6.07) is 0. The third kappa shape index (κ3) is 1.67. The van der Waals surface area contributed by atoms with E-state index in [1.807, 2.05) is 19.1 Å². The van der Waals surface area contributed by atoms with Crippen LogP contribution >= 0.6 is 0 Å². The molecule has 2 unspecified atom stereocenters. The Bertz CT molecular complexity index is 136. The van der Waals surface area contributed by atoms with Crippen molar-refractivity contribution in [3.8, 4) is 0 Å². The fourth-order valence-corrected chi connectivity index (χ4v) is 0.862. The third-order valence-electron chi connectivity index (χ3n) is 1.59. The molecule has 0 saturated carbocycles. The van der Waals surface area contributed by atoms with Gasteiger partial charge in [0.25, 0.3) is 0 Å². The van der Waals surface area contributed by atoms with Gasteiger partial charge in [-0.05, 0) is 12.3 Å². The second-order valence-corrected chi connectivity index (χ2v) is 2.47. The number of hydrogen-bond donors (Lipinski definition) is 0. The highest BCUT2D eigenvalue weighted by Crippen LogP contribution is 2.15. The molecule has 0 radical (unpaired) electrons. The molecule has 0 aromatic carbocycles. The van der Waals surface area contributed by atoms with E-state index in [0.29, 0.717) is 0 Å². The normalized spacial score (nSPS) is 34.4. The Morgan fingerprint density at radius 2 is 2.22 bits per heavy atom. The molecule has 2 atom stereocenters. The van der Waals surface area contributed by atoms with E-state index in [2.05, 4.69) is 0 Å². The number of alkyl halides is 1. The average Bonchev–Trinajstić information content (AvgIpc) is 1.99. The Kier molecular flexibility index (Phi) is 2.04. The van der Waals surface area contributed by atoms with Crippen molar-refractivity contribution < 1.29 is 4.39 Å². The van der Waals surface area contributed by atoms with Crippen LogP contribution in [0.4, 0.5) is 4.39 Å². The number of allylic oxidation sites excluding steroid dienone is 4. The molecule has 0 saturated heterocycles. The van der Waals surface area contributed by atoms with Crippen molar-refractivity contribution in [1.82, 2.24) is 0 Å². The minimum Gasteiger partial charge on any atom is -0.243 e. The Morgan fingerprint density at radius 1 is 1.44 bits per heavy atom. The Morgan fingerprint density at radius 3 is 3.00 bits per heavy atom. The predicted molar refractivity (Wildman–Crippen MR) is 37.0 cm³/mol. The van der Waals surface area contributed by atoms with Crippen molar-refractivity contribution in [2.24, 2.45) is 5.92 Å². The highest BCUT2D eigenvalue weighted by molar-refractivity contribution is 5.09. The Balaban J connectivity index is 2.58. The van der Waals surface area contributed by atoms with E-state index in [-0.39, 0.29) is 5.92 Å². The van der Waals surface area contributed by atoms with Gasteiger partial charge in [0.05, 0.1) is 0 Å². The summed E-state index contributed by atoms with van der Waals surface area (Å²) in [5.41, 5.74) is 0. The zero-order chi connectivity index (χ0) is 6.69. The molecular formula is C8H11F. The smallest absolute Gasteiger partial charge is 0.121 e. The van der Waals surface area contributed by atoms with E-state index >= 15 is 0 Å². The second-order valence-electron chi connectivity index (χ2n) is 2.47. The van der Waals surface area contributed by atoms with E-state index in [1.54, 1.807) is 12.2 Å². The zero-order valence-corrected chi connectivity index (χ0v) is 5.55. The number of halogens is 1. The van der Waals surface area contributed by atoms with Gasteiger partial charge in [0, 0.05) is 0 Å². The SMILES string of the molecule is CC1CC=CC=CC1F. The number of hydrogen-bond acceptors (Lipinski definition) is 0. The quantitative estimate of drug-likeness (QED) is 0.467. The standard InChI is InChI=1S/C8H11F/c1-7-5-3-2-4-6-8(7)9/h2-4,6-8H,5H2,1H3. The van der Waals surface area contributed by atoms with Crippen LogP contribution in [0.3, 0.4) is 0 Å². The summed E-state index contributed by atoms with van der Waals surface area (Å²) in [6.07, 6.45) is 7.38. The van der Waals surface area contributed by atoms with Gasteiger partial charge < -0.3 is 0 Å². The minimum absolute atomic E-state index is 0.153. The molecule has 1 aliphatic rings. The minimum atomic E-state index is -0.750. The van der Waals surface area contributed by atoms with Crippen LogP contribution in [0, 0.1) is 5.92 Å². The lowest BCUT2D eigenvalue weighted by atomic mass is 10.0. The Hall–Kier alpha value is -0.590. The number of rotatable bonds is 0. The van der Waals surface area contributed by atoms with Gasteiger partial charge in [-0.15, -0.1) is 0 Å². The predicted octanol–water partition coefficient (Wildman–Crippen LogP) is 2.48. The first-order valence-corrected chi connectivity index (χ1v) is 3.28. The lowest BCUT2D eigenvalue weighted by molar-refractivity contribution is 0.300. The molecule has 0 aliphatic heterocycles. The molecule has 0 fully saturated rings. The lowest BCUT2D eigenvalue weighted by Gasteiger charge is -2.07. The van der Waals surface area contributed by atoms with Gasteiger partial charge in [-0.25, -0.2) is 4.39 Å². The van der Waals surface area contributed by atoms with Crippen LogP contribution in [0.1, 0.15) is 13.3 Å². The molecule has 0 heterocycles. The molecule has 0 bridgehead atoms. The van der Waals surface area contributed by atoms with Gasteiger partial charge in [0.1, 0.15) is 6.17 Å². The van der Waals surface area contributed by atoms with Crippen LogP contribution in [-0.2, 0) is 0 Å². The molecule has 0 nitrogen and oxygen atoms in total. The van der Waals surface area contributed by atoms with Crippen molar-refractivity contribution in [2.75, 3.05) is 0 Å². The molecule has 9 heavy (non-hydrogen) atoms. The van der Waals surface area contributed by atoms with Gasteiger partial charge >= 0.3 is 0 Å². The first-order valence-electron chi connectivity index (χ1n) is 3.28. The summed E-state index contributed by atoms with van der Waals surface area (Å²) < 4.78 is 12.7. The maximum absolute atomic E-state index is 12.7. The summed E-state index contributed by atoms with van der Waals surface area (Å²) in [7, 11) is 0. The van der Waals surface area contributed by atoms with E-state index in [4.69, 9.17) is 0 Å². The third-order valence-corrected chi connectivity index (χ3v) is 1.59. The molecule has 1 aliphatic carbocycles. The molecular weight excluding hydrogens is 115 g/mol. The first kappa shape index (κ1) is 6.53. The molecule has 0 amide bonds. The van der Waals surface area contributed by atoms with E-state index in [9.17, 15) is 4.39 Å². The van der Waals surface area contributed by atoms with Crippen molar-refractivity contribution >= 4 is 0 Å². The van der Waals surface area contributed by atoms with Crippen LogP contribution in [0.15, 0.2) is 24.3 Å². The van der Waals surface area contributed by atoms with Gasteiger partial charge in [0.2, 0.25) is 0 Å². The highest BCUT2D eigenvalue weighted by Gasteiger charge is 2.11. The first-order chi connectivity index (χ1) is 4.30. The van der Waals surface area contributed by atoms with Crippen molar-refractivity contribution in [3.63, 3.8) is 0 Å². The Labute approximate surface area is 55.1 Å². The van der Waals surface area contributed by atoms with E-state index < -0.39 is 6.17 Å². The maximum Gasteiger partial charge on any atom is 0.121 e. The van der Waals surface area contributed by atoms with E-state index in [1.165, 1.54) is 0 Å². The summed E-state index contributed by atoms with van der Waals surface area (Å²) in [5, 5.41) is 0. The van der Waals surface area contributed by atoms with Crippen LogP contribution in [0.25, 0.3) is 0 Å². The highest BCUT2D eigenvalue weighted by atomic mass is 19.1. The van der Waals surface area contributed by atoms with Gasteiger partial charge in [-0.1, -0.05) is 31.2 Å². The van der Waals surface area contributed by atoms with Crippen molar-refractivity contribution in [1.29, 1.82) is 0 Å². The monoisotopic (exact) mass is 126 g/mol. The summed E-state index contributed by atoms with van der Waals surface area (Å²) >= 11 is 0. The molecule has 50 valence electrons. The molecule has 0 aromatic rings. The lowest BCUT2D eigenvalue weighted by Crippen LogP contribution is -2.06. The maximum atomic E-state index is 12.7. The topological polar surface area (TPSA) is 0 Å².